The Morgan fingerprint density at radius 2 is 2.06 bits per heavy atom. The van der Waals surface area contributed by atoms with Crippen molar-refractivity contribution in [1.82, 2.24) is 0 Å². The van der Waals surface area contributed by atoms with Crippen LogP contribution in [0.2, 0.25) is 0 Å². The highest BCUT2D eigenvalue weighted by atomic mass is 35.5. The molecule has 18 heavy (non-hydrogen) atoms. The predicted octanol–water partition coefficient (Wildman–Crippen LogP) is 2.71. The lowest BCUT2D eigenvalue weighted by Crippen LogP contribution is -2.47. The second-order valence-electron chi connectivity index (χ2n) is 4.54. The van der Waals surface area contributed by atoms with Crippen LogP contribution in [-0.2, 0) is 20.8 Å². The Kier molecular flexibility index (Phi) is 4.56. The van der Waals surface area contributed by atoms with Crippen LogP contribution < -0.4 is 0 Å². The van der Waals surface area contributed by atoms with Crippen molar-refractivity contribution in [2.75, 3.05) is 19.1 Å². The summed E-state index contributed by atoms with van der Waals surface area (Å²) in [5.74, 6) is 0.0287. The first-order valence-corrected chi connectivity index (χ1v) is 6.33. The first-order chi connectivity index (χ1) is 8.63. The highest BCUT2D eigenvalue weighted by Gasteiger charge is 2.33. The van der Waals surface area contributed by atoms with Crippen LogP contribution in [0.15, 0.2) is 24.3 Å². The quantitative estimate of drug-likeness (QED) is 0.790. The summed E-state index contributed by atoms with van der Waals surface area (Å²) in [6.07, 6.45) is -0.378. The number of rotatable bonds is 4. The smallest absolute Gasteiger partial charge is 0.171 e. The summed E-state index contributed by atoms with van der Waals surface area (Å²) in [6, 6.07) is 6.54. The normalized spacial score (nSPS) is 28.3. The molecule has 3 nitrogen and oxygen atoms in total. The van der Waals surface area contributed by atoms with Gasteiger partial charge in [-0.2, -0.15) is 0 Å². The van der Waals surface area contributed by atoms with Gasteiger partial charge < -0.3 is 14.2 Å². The van der Waals surface area contributed by atoms with Crippen molar-refractivity contribution in [2.45, 2.75) is 25.4 Å². The Hall–Kier alpha value is -0.680. The van der Waals surface area contributed by atoms with Gasteiger partial charge in [-0.05, 0) is 13.0 Å². The average molecular weight is 275 g/mol. The van der Waals surface area contributed by atoms with E-state index in [2.05, 4.69) is 0 Å². The zero-order valence-corrected chi connectivity index (χ0v) is 11.0. The Bertz CT molecular complexity index is 392. The van der Waals surface area contributed by atoms with Crippen molar-refractivity contribution < 1.29 is 18.6 Å². The van der Waals surface area contributed by atoms with E-state index in [1.807, 2.05) is 6.92 Å². The Labute approximate surface area is 111 Å². The van der Waals surface area contributed by atoms with Gasteiger partial charge in [0.25, 0.3) is 0 Å². The lowest BCUT2D eigenvalue weighted by molar-refractivity contribution is -0.255. The Morgan fingerprint density at radius 1 is 1.39 bits per heavy atom. The first kappa shape index (κ1) is 13.7. The fraction of sp³-hybridized carbons (Fsp3) is 0.538. The highest BCUT2D eigenvalue weighted by molar-refractivity contribution is 6.18. The number of benzene rings is 1. The van der Waals surface area contributed by atoms with E-state index in [-0.39, 0.29) is 18.7 Å². The van der Waals surface area contributed by atoms with E-state index in [9.17, 15) is 4.39 Å². The molecular weight excluding hydrogens is 259 g/mol. The van der Waals surface area contributed by atoms with Crippen molar-refractivity contribution in [3.8, 4) is 0 Å². The third-order valence-electron chi connectivity index (χ3n) is 2.81. The zero-order chi connectivity index (χ0) is 13.0. The lowest BCUT2D eigenvalue weighted by Gasteiger charge is -2.36. The molecule has 1 aliphatic heterocycles. The van der Waals surface area contributed by atoms with E-state index < -0.39 is 5.60 Å². The lowest BCUT2D eigenvalue weighted by atomic mass is 10.1. The molecule has 1 aliphatic rings. The predicted molar refractivity (Wildman–Crippen MR) is 66.0 cm³/mol. The molecule has 1 saturated heterocycles. The van der Waals surface area contributed by atoms with Crippen LogP contribution in [0, 0.1) is 5.82 Å². The van der Waals surface area contributed by atoms with Crippen molar-refractivity contribution in [3.05, 3.63) is 35.6 Å². The summed E-state index contributed by atoms with van der Waals surface area (Å²) in [5.41, 5.74) is -0.0385. The molecule has 5 heteroatoms. The number of ether oxygens (including phenoxy) is 3. The monoisotopic (exact) mass is 274 g/mol. The molecule has 0 N–H and O–H groups in total. The summed E-state index contributed by atoms with van der Waals surface area (Å²) in [4.78, 5) is 0. The van der Waals surface area contributed by atoms with Crippen LogP contribution in [0.4, 0.5) is 4.39 Å². The molecule has 0 aliphatic carbocycles. The average Bonchev–Trinajstić information content (AvgIpc) is 2.39. The molecule has 1 heterocycles. The van der Waals surface area contributed by atoms with E-state index in [0.717, 1.165) is 0 Å². The van der Waals surface area contributed by atoms with Crippen LogP contribution in [0.1, 0.15) is 12.5 Å². The molecule has 0 spiro atoms. The van der Waals surface area contributed by atoms with Crippen LogP contribution in [0.25, 0.3) is 0 Å². The molecule has 0 radical (unpaired) electrons. The molecular formula is C13H16ClFO3. The van der Waals surface area contributed by atoms with Crippen molar-refractivity contribution >= 4 is 11.6 Å². The van der Waals surface area contributed by atoms with E-state index in [1.165, 1.54) is 6.07 Å². The molecule has 0 aromatic heterocycles. The van der Waals surface area contributed by atoms with Crippen molar-refractivity contribution in [3.63, 3.8) is 0 Å². The van der Waals surface area contributed by atoms with Gasteiger partial charge in [-0.1, -0.05) is 18.2 Å². The van der Waals surface area contributed by atoms with Gasteiger partial charge in [0, 0.05) is 5.56 Å². The minimum absolute atomic E-state index is 0.196. The van der Waals surface area contributed by atoms with E-state index in [1.54, 1.807) is 18.2 Å². The minimum Gasteiger partial charge on any atom is -0.366 e. The van der Waals surface area contributed by atoms with Gasteiger partial charge in [-0.3, -0.25) is 0 Å². The minimum atomic E-state index is -0.565. The molecule has 1 aromatic carbocycles. The fourth-order valence-corrected chi connectivity index (χ4v) is 1.85. The van der Waals surface area contributed by atoms with Gasteiger partial charge >= 0.3 is 0 Å². The zero-order valence-electron chi connectivity index (χ0n) is 10.2. The number of alkyl halides is 1. The summed E-state index contributed by atoms with van der Waals surface area (Å²) < 4.78 is 29.9. The van der Waals surface area contributed by atoms with E-state index >= 15 is 0 Å². The SMILES string of the molecule is C[C@]1(OCc2ccccc2F)CO[C@H](CCl)OC1. The third kappa shape index (κ3) is 3.42. The first-order valence-electron chi connectivity index (χ1n) is 5.79. The molecule has 1 aromatic rings. The molecule has 100 valence electrons. The van der Waals surface area contributed by atoms with Crippen LogP contribution in [0.5, 0.6) is 0 Å². The Morgan fingerprint density at radius 3 is 2.67 bits per heavy atom. The number of hydrogen-bond acceptors (Lipinski definition) is 3. The summed E-state index contributed by atoms with van der Waals surface area (Å²) in [5, 5.41) is 0. The van der Waals surface area contributed by atoms with E-state index in [0.29, 0.717) is 24.7 Å². The van der Waals surface area contributed by atoms with Gasteiger partial charge in [0.2, 0.25) is 0 Å². The molecule has 1 fully saturated rings. The fourth-order valence-electron chi connectivity index (χ4n) is 1.67. The van der Waals surface area contributed by atoms with Crippen molar-refractivity contribution in [1.29, 1.82) is 0 Å². The topological polar surface area (TPSA) is 27.7 Å². The standard InChI is InChI=1S/C13H16ClFO3/c1-13(8-16-12(6-14)17-9-13)18-7-10-4-2-3-5-11(10)15/h2-5,12H,6-9H2,1H3/t12-,13-. The van der Waals surface area contributed by atoms with Crippen LogP contribution in [0.3, 0.4) is 0 Å². The molecule has 0 amide bonds. The number of halogens is 2. The van der Waals surface area contributed by atoms with Crippen LogP contribution in [-0.4, -0.2) is 31.0 Å². The molecule has 2 rings (SSSR count). The summed E-state index contributed by atoms with van der Waals surface area (Å²) >= 11 is 5.63. The van der Waals surface area contributed by atoms with Gasteiger partial charge in [0.1, 0.15) is 11.4 Å². The van der Waals surface area contributed by atoms with Gasteiger partial charge in [0.15, 0.2) is 6.29 Å². The molecule has 0 bridgehead atoms. The van der Waals surface area contributed by atoms with Crippen molar-refractivity contribution in [2.24, 2.45) is 0 Å². The molecule has 0 atom stereocenters. The van der Waals surface area contributed by atoms with Gasteiger partial charge in [0.05, 0.1) is 25.7 Å². The maximum absolute atomic E-state index is 13.4. The second kappa shape index (κ2) is 5.97. The van der Waals surface area contributed by atoms with Gasteiger partial charge in [-0.25, -0.2) is 4.39 Å². The van der Waals surface area contributed by atoms with Gasteiger partial charge in [-0.15, -0.1) is 11.6 Å². The Balaban J connectivity index is 1.88. The maximum atomic E-state index is 13.4. The number of hydrogen-bond donors (Lipinski definition) is 0. The molecule has 0 saturated carbocycles. The molecule has 0 unspecified atom stereocenters. The summed E-state index contributed by atoms with van der Waals surface area (Å²) in [6.45, 7) is 2.84. The summed E-state index contributed by atoms with van der Waals surface area (Å²) in [7, 11) is 0. The maximum Gasteiger partial charge on any atom is 0.171 e. The van der Waals surface area contributed by atoms with E-state index in [4.69, 9.17) is 25.8 Å². The largest absolute Gasteiger partial charge is 0.366 e. The second-order valence-corrected chi connectivity index (χ2v) is 4.84. The highest BCUT2D eigenvalue weighted by Crippen LogP contribution is 2.22. The van der Waals surface area contributed by atoms with Crippen LogP contribution >= 0.6 is 11.6 Å². The third-order valence-corrected chi connectivity index (χ3v) is 3.06.